The summed E-state index contributed by atoms with van der Waals surface area (Å²) in [5.41, 5.74) is -0.768. The molecule has 1 aromatic carbocycles. The molecule has 2 rings (SSSR count). The first-order valence-corrected chi connectivity index (χ1v) is 6.40. The number of aliphatic hydroxyl groups excluding tert-OH is 1. The summed E-state index contributed by atoms with van der Waals surface area (Å²) < 4.78 is 43.8. The van der Waals surface area contributed by atoms with Crippen LogP contribution in [0.15, 0.2) is 24.3 Å². The van der Waals surface area contributed by atoms with Crippen LogP contribution in [0.1, 0.15) is 36.5 Å². The second kappa shape index (κ2) is 5.92. The summed E-state index contributed by atoms with van der Waals surface area (Å²) in [5, 5.41) is 10.1. The predicted octanol–water partition coefficient (Wildman–Crippen LogP) is 3.56. The van der Waals surface area contributed by atoms with Crippen LogP contribution in [0.2, 0.25) is 0 Å². The molecule has 2 nitrogen and oxygen atoms in total. The quantitative estimate of drug-likeness (QED) is 0.913. The molecule has 1 aromatic rings. The number of rotatable bonds is 3. The van der Waals surface area contributed by atoms with Gasteiger partial charge in [-0.15, -0.1) is 0 Å². The van der Waals surface area contributed by atoms with Crippen LogP contribution in [-0.2, 0) is 10.9 Å². The number of hydrogen-bond donors (Lipinski definition) is 1. The number of aliphatic hydroxyl groups is 1. The second-order valence-electron chi connectivity index (χ2n) is 4.89. The first-order valence-electron chi connectivity index (χ1n) is 6.40. The smallest absolute Gasteiger partial charge is 0.388 e. The van der Waals surface area contributed by atoms with E-state index in [0.29, 0.717) is 19.6 Å². The van der Waals surface area contributed by atoms with Crippen LogP contribution in [0.3, 0.4) is 0 Å². The highest BCUT2D eigenvalue weighted by Crippen LogP contribution is 2.37. The molecule has 1 unspecified atom stereocenters. The molecule has 1 atom stereocenters. The molecule has 1 aliphatic heterocycles. The minimum atomic E-state index is -4.42. The van der Waals surface area contributed by atoms with E-state index in [0.717, 1.165) is 18.9 Å². The van der Waals surface area contributed by atoms with Crippen molar-refractivity contribution in [2.45, 2.75) is 31.5 Å². The van der Waals surface area contributed by atoms with Gasteiger partial charge >= 0.3 is 6.18 Å². The third-order valence-electron chi connectivity index (χ3n) is 3.52. The standard InChI is InChI=1S/C14H17F3O2/c15-14(16,17)12-4-2-1-3-11(12)13(18)9-10-5-7-19-8-6-10/h1-4,10,13,18H,5-9H2. The Balaban J connectivity index is 2.12. The van der Waals surface area contributed by atoms with Gasteiger partial charge in [-0.2, -0.15) is 13.2 Å². The van der Waals surface area contributed by atoms with E-state index in [-0.39, 0.29) is 11.5 Å². The van der Waals surface area contributed by atoms with Gasteiger partial charge in [-0.25, -0.2) is 0 Å². The van der Waals surface area contributed by atoms with Gasteiger partial charge in [-0.1, -0.05) is 18.2 Å². The van der Waals surface area contributed by atoms with Crippen molar-refractivity contribution in [2.75, 3.05) is 13.2 Å². The Kier molecular flexibility index (Phi) is 4.47. The molecule has 19 heavy (non-hydrogen) atoms. The topological polar surface area (TPSA) is 29.5 Å². The summed E-state index contributed by atoms with van der Waals surface area (Å²) in [7, 11) is 0. The lowest BCUT2D eigenvalue weighted by molar-refractivity contribution is -0.139. The Labute approximate surface area is 110 Å². The van der Waals surface area contributed by atoms with Gasteiger partial charge in [0.1, 0.15) is 0 Å². The zero-order valence-corrected chi connectivity index (χ0v) is 10.5. The van der Waals surface area contributed by atoms with Gasteiger partial charge in [0.2, 0.25) is 0 Å². The van der Waals surface area contributed by atoms with Crippen LogP contribution in [0, 0.1) is 5.92 Å². The molecular formula is C14H17F3O2. The minimum absolute atomic E-state index is 0.0264. The van der Waals surface area contributed by atoms with Crippen LogP contribution in [0.4, 0.5) is 13.2 Å². The van der Waals surface area contributed by atoms with Gasteiger partial charge in [0.15, 0.2) is 0 Å². The van der Waals surface area contributed by atoms with E-state index < -0.39 is 17.8 Å². The molecule has 5 heteroatoms. The number of halogens is 3. The van der Waals surface area contributed by atoms with Crippen LogP contribution < -0.4 is 0 Å². The molecule has 1 saturated heterocycles. The van der Waals surface area contributed by atoms with Crippen LogP contribution in [-0.4, -0.2) is 18.3 Å². The molecule has 1 heterocycles. The van der Waals surface area contributed by atoms with Crippen molar-refractivity contribution < 1.29 is 23.0 Å². The fourth-order valence-corrected chi connectivity index (χ4v) is 2.47. The first kappa shape index (κ1) is 14.3. The van der Waals surface area contributed by atoms with Crippen LogP contribution in [0.25, 0.3) is 0 Å². The molecule has 0 saturated carbocycles. The van der Waals surface area contributed by atoms with E-state index in [1.54, 1.807) is 0 Å². The maximum atomic E-state index is 12.9. The number of benzene rings is 1. The Bertz CT molecular complexity index is 411. The number of hydrogen-bond acceptors (Lipinski definition) is 2. The molecule has 0 radical (unpaired) electrons. The van der Waals surface area contributed by atoms with Crippen molar-refractivity contribution in [3.8, 4) is 0 Å². The highest BCUT2D eigenvalue weighted by atomic mass is 19.4. The van der Waals surface area contributed by atoms with Crippen molar-refractivity contribution in [3.05, 3.63) is 35.4 Å². The summed E-state index contributed by atoms with van der Waals surface area (Å²) in [6, 6.07) is 5.24. The first-order chi connectivity index (χ1) is 8.98. The average Bonchev–Trinajstić information content (AvgIpc) is 2.39. The van der Waals surface area contributed by atoms with E-state index in [1.807, 2.05) is 0 Å². The van der Waals surface area contributed by atoms with Crippen molar-refractivity contribution >= 4 is 0 Å². The van der Waals surface area contributed by atoms with E-state index in [4.69, 9.17) is 4.74 Å². The van der Waals surface area contributed by atoms with E-state index in [2.05, 4.69) is 0 Å². The zero-order valence-electron chi connectivity index (χ0n) is 10.5. The minimum Gasteiger partial charge on any atom is -0.388 e. The highest BCUT2D eigenvalue weighted by Gasteiger charge is 2.35. The molecule has 0 aromatic heterocycles. The van der Waals surface area contributed by atoms with Gasteiger partial charge in [0.05, 0.1) is 11.7 Å². The van der Waals surface area contributed by atoms with E-state index in [1.165, 1.54) is 18.2 Å². The van der Waals surface area contributed by atoms with Crippen molar-refractivity contribution in [2.24, 2.45) is 5.92 Å². The fourth-order valence-electron chi connectivity index (χ4n) is 2.47. The molecule has 0 aliphatic carbocycles. The van der Waals surface area contributed by atoms with Crippen molar-refractivity contribution in [1.29, 1.82) is 0 Å². The van der Waals surface area contributed by atoms with Gasteiger partial charge in [-0.3, -0.25) is 0 Å². The summed E-state index contributed by atoms with van der Waals surface area (Å²) in [5.74, 6) is 0.227. The second-order valence-corrected chi connectivity index (χ2v) is 4.89. The molecule has 0 bridgehead atoms. The van der Waals surface area contributed by atoms with Crippen molar-refractivity contribution in [1.82, 2.24) is 0 Å². The predicted molar refractivity (Wildman–Crippen MR) is 64.6 cm³/mol. The molecule has 1 N–H and O–H groups in total. The Morgan fingerprint density at radius 2 is 1.84 bits per heavy atom. The molecule has 106 valence electrons. The van der Waals surface area contributed by atoms with E-state index in [9.17, 15) is 18.3 Å². The summed E-state index contributed by atoms with van der Waals surface area (Å²) in [4.78, 5) is 0. The fraction of sp³-hybridized carbons (Fsp3) is 0.571. The largest absolute Gasteiger partial charge is 0.416 e. The molecule has 0 amide bonds. The Morgan fingerprint density at radius 1 is 1.21 bits per heavy atom. The summed E-state index contributed by atoms with van der Waals surface area (Å²) in [6.45, 7) is 1.25. The van der Waals surface area contributed by atoms with Crippen molar-refractivity contribution in [3.63, 3.8) is 0 Å². The normalized spacial score (nSPS) is 19.4. The molecule has 1 fully saturated rings. The summed E-state index contributed by atoms with van der Waals surface area (Å²) >= 11 is 0. The van der Waals surface area contributed by atoms with E-state index >= 15 is 0 Å². The number of ether oxygens (including phenoxy) is 1. The van der Waals surface area contributed by atoms with Gasteiger partial charge in [-0.05, 0) is 36.8 Å². The SMILES string of the molecule is OC(CC1CCOCC1)c1ccccc1C(F)(F)F. The van der Waals surface area contributed by atoms with Gasteiger partial charge < -0.3 is 9.84 Å². The van der Waals surface area contributed by atoms with Gasteiger partial charge in [0, 0.05) is 13.2 Å². The lowest BCUT2D eigenvalue weighted by Gasteiger charge is -2.25. The lowest BCUT2D eigenvalue weighted by atomic mass is 9.89. The van der Waals surface area contributed by atoms with Crippen LogP contribution >= 0.6 is 0 Å². The average molecular weight is 274 g/mol. The maximum absolute atomic E-state index is 12.9. The maximum Gasteiger partial charge on any atom is 0.416 e. The molecular weight excluding hydrogens is 257 g/mol. The zero-order chi connectivity index (χ0) is 13.9. The third kappa shape index (κ3) is 3.70. The molecule has 0 spiro atoms. The Morgan fingerprint density at radius 3 is 2.47 bits per heavy atom. The molecule has 1 aliphatic rings. The summed E-state index contributed by atoms with van der Waals surface area (Å²) in [6.07, 6.45) is -3.54. The highest BCUT2D eigenvalue weighted by molar-refractivity contribution is 5.31. The third-order valence-corrected chi connectivity index (χ3v) is 3.52. The monoisotopic (exact) mass is 274 g/mol. The lowest BCUT2D eigenvalue weighted by Crippen LogP contribution is -2.19. The number of alkyl halides is 3. The Hall–Kier alpha value is -1.07. The van der Waals surface area contributed by atoms with Gasteiger partial charge in [0.25, 0.3) is 0 Å². The van der Waals surface area contributed by atoms with Crippen LogP contribution in [0.5, 0.6) is 0 Å².